The molecule has 0 amide bonds. The van der Waals surface area contributed by atoms with Crippen LogP contribution in [0.1, 0.15) is 82.6 Å². The molecule has 0 aliphatic heterocycles. The highest BCUT2D eigenvalue weighted by Gasteiger charge is 1.96. The fourth-order valence-electron chi connectivity index (χ4n) is 3.08. The fourth-order valence-corrected chi connectivity index (χ4v) is 4.53. The zero-order chi connectivity index (χ0) is 18.0. The SMILES string of the molecule is O=S(O)CSCCCCCCCCCCCCCCc1ccccc1. The highest BCUT2D eigenvalue weighted by atomic mass is 32.2. The van der Waals surface area contributed by atoms with Crippen molar-refractivity contribution >= 4 is 22.8 Å². The Hall–Kier alpha value is -0.320. The minimum Gasteiger partial charge on any atom is -0.305 e. The Labute approximate surface area is 161 Å². The minimum atomic E-state index is -1.63. The molecule has 0 saturated heterocycles. The van der Waals surface area contributed by atoms with Crippen molar-refractivity contribution in [2.45, 2.75) is 83.5 Å². The molecule has 0 aliphatic carbocycles. The smallest absolute Gasteiger partial charge is 0.163 e. The van der Waals surface area contributed by atoms with Crippen molar-refractivity contribution in [3.05, 3.63) is 35.9 Å². The quantitative estimate of drug-likeness (QED) is 0.236. The fraction of sp³-hybridized carbons (Fsp3) is 0.714. The van der Waals surface area contributed by atoms with Crippen LogP contribution in [0.4, 0.5) is 0 Å². The van der Waals surface area contributed by atoms with Crippen LogP contribution in [-0.4, -0.2) is 19.6 Å². The van der Waals surface area contributed by atoms with Crippen LogP contribution in [0.15, 0.2) is 30.3 Å². The number of aryl methyl sites for hydroxylation is 1. The zero-order valence-electron chi connectivity index (χ0n) is 15.7. The number of benzene rings is 1. The zero-order valence-corrected chi connectivity index (χ0v) is 17.3. The van der Waals surface area contributed by atoms with E-state index in [0.717, 1.165) is 5.75 Å². The summed E-state index contributed by atoms with van der Waals surface area (Å²) in [7, 11) is 0. The summed E-state index contributed by atoms with van der Waals surface area (Å²) in [6, 6.07) is 10.8. The normalized spacial score (nSPS) is 12.4. The molecule has 1 unspecified atom stereocenters. The maximum absolute atomic E-state index is 10.5. The Morgan fingerprint density at radius 1 is 0.720 bits per heavy atom. The van der Waals surface area contributed by atoms with E-state index in [1.54, 1.807) is 11.8 Å². The third kappa shape index (κ3) is 15.6. The van der Waals surface area contributed by atoms with Gasteiger partial charge in [0, 0.05) is 0 Å². The van der Waals surface area contributed by atoms with Crippen LogP contribution in [0.5, 0.6) is 0 Å². The molecule has 0 heterocycles. The van der Waals surface area contributed by atoms with Gasteiger partial charge in [-0.15, -0.1) is 11.8 Å². The number of hydrogen-bond acceptors (Lipinski definition) is 2. The van der Waals surface area contributed by atoms with Crippen molar-refractivity contribution in [3.63, 3.8) is 0 Å². The summed E-state index contributed by atoms with van der Waals surface area (Å²) in [6.07, 6.45) is 17.4. The molecule has 25 heavy (non-hydrogen) atoms. The van der Waals surface area contributed by atoms with Crippen LogP contribution in [0.3, 0.4) is 0 Å². The maximum Gasteiger partial charge on any atom is 0.163 e. The summed E-state index contributed by atoms with van der Waals surface area (Å²) in [4.78, 5) is 0. The summed E-state index contributed by atoms with van der Waals surface area (Å²) >= 11 is -0.0356. The standard InChI is InChI=1S/C21H36O2S2/c22-25(23)20-24-19-15-10-8-6-4-2-1-3-5-7-9-12-16-21-17-13-11-14-18-21/h11,13-14,17-18H,1-10,12,15-16,19-20H2,(H,22,23). The Kier molecular flexibility index (Phi) is 15.6. The topological polar surface area (TPSA) is 37.3 Å². The van der Waals surface area contributed by atoms with E-state index >= 15 is 0 Å². The Morgan fingerprint density at radius 3 is 1.72 bits per heavy atom. The van der Waals surface area contributed by atoms with Crippen molar-refractivity contribution in [1.82, 2.24) is 0 Å². The van der Waals surface area contributed by atoms with Crippen LogP contribution < -0.4 is 0 Å². The van der Waals surface area contributed by atoms with Crippen LogP contribution in [0.2, 0.25) is 0 Å². The first-order valence-corrected chi connectivity index (χ1v) is 12.4. The van der Waals surface area contributed by atoms with Gasteiger partial charge in [-0.05, 0) is 30.6 Å². The van der Waals surface area contributed by atoms with Gasteiger partial charge in [0.1, 0.15) is 0 Å². The van der Waals surface area contributed by atoms with E-state index in [9.17, 15) is 4.21 Å². The third-order valence-corrected chi connectivity index (χ3v) is 6.58. The minimum absolute atomic E-state index is 0.367. The Balaban J connectivity index is 1.71. The molecule has 1 aromatic rings. The summed E-state index contributed by atoms with van der Waals surface area (Å²) < 4.78 is 19.1. The van der Waals surface area contributed by atoms with Crippen molar-refractivity contribution in [2.75, 3.05) is 10.8 Å². The average molecular weight is 385 g/mol. The molecule has 0 bridgehead atoms. The van der Waals surface area contributed by atoms with E-state index in [1.807, 2.05) is 0 Å². The Morgan fingerprint density at radius 2 is 1.20 bits per heavy atom. The van der Waals surface area contributed by atoms with Crippen LogP contribution >= 0.6 is 11.8 Å². The van der Waals surface area contributed by atoms with Gasteiger partial charge < -0.3 is 4.55 Å². The number of thioether (sulfide) groups is 1. The lowest BCUT2D eigenvalue weighted by Gasteiger charge is -2.04. The van der Waals surface area contributed by atoms with Gasteiger partial charge in [0.15, 0.2) is 11.1 Å². The van der Waals surface area contributed by atoms with Gasteiger partial charge in [0.25, 0.3) is 0 Å². The number of unbranched alkanes of at least 4 members (excludes halogenated alkanes) is 11. The molecule has 1 atom stereocenters. The van der Waals surface area contributed by atoms with Crippen LogP contribution in [0, 0.1) is 0 Å². The first-order valence-electron chi connectivity index (χ1n) is 9.98. The molecule has 1 rings (SSSR count). The molecule has 1 N–H and O–H groups in total. The summed E-state index contributed by atoms with van der Waals surface area (Å²) in [5, 5.41) is 0.367. The molecule has 0 radical (unpaired) electrons. The van der Waals surface area contributed by atoms with Crippen molar-refractivity contribution < 1.29 is 8.76 Å². The van der Waals surface area contributed by atoms with Gasteiger partial charge in [-0.3, -0.25) is 0 Å². The first kappa shape index (κ1) is 22.7. The highest BCUT2D eigenvalue weighted by molar-refractivity contribution is 8.08. The summed E-state index contributed by atoms with van der Waals surface area (Å²) in [6.45, 7) is 0. The average Bonchev–Trinajstić information content (AvgIpc) is 2.62. The molecule has 2 nitrogen and oxygen atoms in total. The third-order valence-electron chi connectivity index (χ3n) is 4.53. The maximum atomic E-state index is 10.5. The highest BCUT2D eigenvalue weighted by Crippen LogP contribution is 2.14. The lowest BCUT2D eigenvalue weighted by molar-refractivity contribution is 0.544. The van der Waals surface area contributed by atoms with E-state index in [4.69, 9.17) is 4.55 Å². The monoisotopic (exact) mass is 384 g/mol. The second kappa shape index (κ2) is 17.1. The van der Waals surface area contributed by atoms with Crippen molar-refractivity contribution in [1.29, 1.82) is 0 Å². The van der Waals surface area contributed by atoms with Gasteiger partial charge in [-0.1, -0.05) is 94.5 Å². The molecule has 1 aromatic carbocycles. The molecular formula is C21H36O2S2. The van der Waals surface area contributed by atoms with Gasteiger partial charge in [0.2, 0.25) is 0 Å². The predicted molar refractivity (Wildman–Crippen MR) is 114 cm³/mol. The van der Waals surface area contributed by atoms with Gasteiger partial charge in [-0.25, -0.2) is 4.21 Å². The second-order valence-corrected chi connectivity index (χ2v) is 9.23. The summed E-state index contributed by atoms with van der Waals surface area (Å²) in [5.74, 6) is 1.02. The van der Waals surface area contributed by atoms with E-state index in [-0.39, 0.29) is 0 Å². The second-order valence-electron chi connectivity index (χ2n) is 6.83. The molecule has 4 heteroatoms. The molecule has 0 spiro atoms. The van der Waals surface area contributed by atoms with Gasteiger partial charge in [0.05, 0.1) is 5.08 Å². The molecule has 0 aliphatic rings. The van der Waals surface area contributed by atoms with E-state index in [0.29, 0.717) is 5.08 Å². The molecule has 0 saturated carbocycles. The lowest BCUT2D eigenvalue weighted by atomic mass is 10.0. The van der Waals surface area contributed by atoms with E-state index in [1.165, 1.54) is 89.0 Å². The van der Waals surface area contributed by atoms with Crippen molar-refractivity contribution in [3.8, 4) is 0 Å². The van der Waals surface area contributed by atoms with Gasteiger partial charge >= 0.3 is 0 Å². The van der Waals surface area contributed by atoms with Crippen LogP contribution in [-0.2, 0) is 17.5 Å². The largest absolute Gasteiger partial charge is 0.305 e. The number of hydrogen-bond donors (Lipinski definition) is 1. The summed E-state index contributed by atoms with van der Waals surface area (Å²) in [5.41, 5.74) is 1.48. The number of rotatable bonds is 17. The van der Waals surface area contributed by atoms with Gasteiger partial charge in [-0.2, -0.15) is 0 Å². The van der Waals surface area contributed by atoms with E-state index < -0.39 is 11.1 Å². The molecule has 144 valence electrons. The Bertz CT molecular complexity index is 423. The molecular weight excluding hydrogens is 348 g/mol. The first-order chi connectivity index (χ1) is 12.3. The molecule has 0 fully saturated rings. The predicted octanol–water partition coefficient (Wildman–Crippen LogP) is 6.82. The lowest BCUT2D eigenvalue weighted by Crippen LogP contribution is -1.91. The van der Waals surface area contributed by atoms with Crippen LogP contribution in [0.25, 0.3) is 0 Å². The molecule has 0 aromatic heterocycles. The van der Waals surface area contributed by atoms with E-state index in [2.05, 4.69) is 30.3 Å². The van der Waals surface area contributed by atoms with Crippen molar-refractivity contribution in [2.24, 2.45) is 0 Å².